The van der Waals surface area contributed by atoms with Crippen molar-refractivity contribution in [3.8, 4) is 17.1 Å². The van der Waals surface area contributed by atoms with Crippen LogP contribution >= 0.6 is 0 Å². The van der Waals surface area contributed by atoms with Crippen LogP contribution in [0, 0.1) is 5.82 Å². The summed E-state index contributed by atoms with van der Waals surface area (Å²) in [7, 11) is 1.62. The van der Waals surface area contributed by atoms with Gasteiger partial charge >= 0.3 is 0 Å². The van der Waals surface area contributed by atoms with E-state index >= 15 is 0 Å². The van der Waals surface area contributed by atoms with Gasteiger partial charge in [-0.15, -0.1) is 0 Å². The van der Waals surface area contributed by atoms with Crippen LogP contribution < -0.4 is 9.64 Å². The molecule has 0 saturated carbocycles. The maximum Gasteiger partial charge on any atom is 0.241 e. The first-order valence-electron chi connectivity index (χ1n) is 9.79. The highest BCUT2D eigenvalue weighted by atomic mass is 19.1. The molecule has 8 heteroatoms. The second kappa shape index (κ2) is 8.62. The third-order valence-electron chi connectivity index (χ3n) is 5.23. The van der Waals surface area contributed by atoms with Crippen LogP contribution in [0.15, 0.2) is 47.0 Å². The fourth-order valence-electron chi connectivity index (χ4n) is 3.64. The lowest BCUT2D eigenvalue weighted by molar-refractivity contribution is 0.101. The van der Waals surface area contributed by atoms with Crippen LogP contribution in [-0.2, 0) is 6.54 Å². The Morgan fingerprint density at radius 3 is 2.53 bits per heavy atom. The van der Waals surface area contributed by atoms with Crippen LogP contribution in [-0.4, -0.2) is 54.1 Å². The summed E-state index contributed by atoms with van der Waals surface area (Å²) in [6, 6.07) is 12.2. The number of rotatable bonds is 6. The lowest BCUT2D eigenvalue weighted by atomic mass is 10.1. The number of piperazine rings is 1. The normalized spacial score (nSPS) is 14.7. The smallest absolute Gasteiger partial charge is 0.241 e. The summed E-state index contributed by atoms with van der Waals surface area (Å²) in [5, 5.41) is 4.07. The molecule has 1 aromatic heterocycles. The van der Waals surface area contributed by atoms with Crippen molar-refractivity contribution in [1.29, 1.82) is 0 Å². The minimum atomic E-state index is -0.473. The van der Waals surface area contributed by atoms with Crippen molar-refractivity contribution in [2.24, 2.45) is 0 Å². The molecule has 0 amide bonds. The highest BCUT2D eigenvalue weighted by molar-refractivity contribution is 6.00. The minimum Gasteiger partial charge on any atom is -0.497 e. The Kier molecular flexibility index (Phi) is 5.76. The van der Waals surface area contributed by atoms with E-state index in [4.69, 9.17) is 9.26 Å². The summed E-state index contributed by atoms with van der Waals surface area (Å²) in [6.07, 6.45) is 0. The molecule has 7 nitrogen and oxygen atoms in total. The second-order valence-corrected chi connectivity index (χ2v) is 7.19. The Balaban J connectivity index is 1.38. The van der Waals surface area contributed by atoms with Crippen molar-refractivity contribution < 1.29 is 18.4 Å². The van der Waals surface area contributed by atoms with Crippen LogP contribution in [0.25, 0.3) is 11.4 Å². The molecule has 1 aliphatic heterocycles. The van der Waals surface area contributed by atoms with Crippen LogP contribution in [0.1, 0.15) is 23.2 Å². The van der Waals surface area contributed by atoms with Crippen LogP contribution in [0.3, 0.4) is 0 Å². The van der Waals surface area contributed by atoms with E-state index in [1.54, 1.807) is 19.2 Å². The van der Waals surface area contributed by atoms with Gasteiger partial charge in [0.25, 0.3) is 0 Å². The zero-order chi connectivity index (χ0) is 21.1. The summed E-state index contributed by atoms with van der Waals surface area (Å²) in [4.78, 5) is 20.6. The molecule has 1 aliphatic rings. The zero-order valence-corrected chi connectivity index (χ0v) is 17.0. The Bertz CT molecular complexity index is 1030. The van der Waals surface area contributed by atoms with Crippen molar-refractivity contribution in [3.05, 3.63) is 59.7 Å². The van der Waals surface area contributed by atoms with Crippen LogP contribution in [0.4, 0.5) is 10.1 Å². The maximum atomic E-state index is 14.1. The molecule has 0 spiro atoms. The highest BCUT2D eigenvalue weighted by Crippen LogP contribution is 2.25. The number of ketones is 1. The van der Waals surface area contributed by atoms with Crippen molar-refractivity contribution in [3.63, 3.8) is 0 Å². The first kappa shape index (κ1) is 20.0. The van der Waals surface area contributed by atoms with Gasteiger partial charge in [0.2, 0.25) is 11.7 Å². The number of carbonyl (C=O) groups is 1. The van der Waals surface area contributed by atoms with E-state index in [0.29, 0.717) is 37.0 Å². The Hall–Kier alpha value is -3.26. The van der Waals surface area contributed by atoms with Gasteiger partial charge in [-0.25, -0.2) is 4.39 Å². The molecule has 2 aromatic carbocycles. The van der Waals surface area contributed by atoms with Gasteiger partial charge in [-0.05, 0) is 43.3 Å². The van der Waals surface area contributed by atoms with Gasteiger partial charge in [-0.1, -0.05) is 11.2 Å². The molecule has 0 bridgehead atoms. The predicted octanol–water partition coefficient (Wildman–Crippen LogP) is 3.41. The number of aromatic nitrogens is 2. The Morgan fingerprint density at radius 1 is 1.13 bits per heavy atom. The number of nitrogens with zero attached hydrogens (tertiary/aromatic N) is 4. The monoisotopic (exact) mass is 410 g/mol. The fraction of sp³-hybridized carbons (Fsp3) is 0.318. The maximum absolute atomic E-state index is 14.1. The molecule has 2 heterocycles. The number of carbonyl (C=O) groups excluding carboxylic acids is 1. The predicted molar refractivity (Wildman–Crippen MR) is 110 cm³/mol. The van der Waals surface area contributed by atoms with Crippen molar-refractivity contribution >= 4 is 11.5 Å². The standard InChI is InChI=1S/C22H23FN4O3/c1-15(28)21-18(23)4-3-5-19(21)27-12-10-26(11-13-27)14-20-24-22(25-30-20)16-6-8-17(29-2)9-7-16/h3-9H,10-14H2,1-2H3. The molecule has 4 rings (SSSR count). The summed E-state index contributed by atoms with van der Waals surface area (Å²) in [5.41, 5.74) is 1.67. The Labute approximate surface area is 174 Å². The van der Waals surface area contributed by atoms with Crippen molar-refractivity contribution in [2.45, 2.75) is 13.5 Å². The number of Topliss-reactive ketones (excluding diaryl/α,β-unsaturated/α-hetero) is 1. The molecule has 0 atom stereocenters. The highest BCUT2D eigenvalue weighted by Gasteiger charge is 2.23. The quantitative estimate of drug-likeness (QED) is 0.577. The Morgan fingerprint density at radius 2 is 1.87 bits per heavy atom. The molecular weight excluding hydrogens is 387 g/mol. The van der Waals surface area contributed by atoms with Crippen LogP contribution in [0.2, 0.25) is 0 Å². The van der Waals surface area contributed by atoms with E-state index in [1.807, 2.05) is 29.2 Å². The summed E-state index contributed by atoms with van der Waals surface area (Å²) in [6.45, 7) is 4.79. The average Bonchev–Trinajstić information content (AvgIpc) is 3.22. The van der Waals surface area contributed by atoms with E-state index in [0.717, 1.165) is 24.4 Å². The fourth-order valence-corrected chi connectivity index (χ4v) is 3.64. The number of hydrogen-bond donors (Lipinski definition) is 0. The number of methoxy groups -OCH3 is 1. The van der Waals surface area contributed by atoms with Crippen LogP contribution in [0.5, 0.6) is 5.75 Å². The van der Waals surface area contributed by atoms with E-state index in [-0.39, 0.29) is 11.3 Å². The lowest BCUT2D eigenvalue weighted by Crippen LogP contribution is -2.46. The third-order valence-corrected chi connectivity index (χ3v) is 5.23. The van der Waals surface area contributed by atoms with Gasteiger partial charge in [0.1, 0.15) is 11.6 Å². The minimum absolute atomic E-state index is 0.159. The first-order chi connectivity index (χ1) is 14.5. The number of hydrogen-bond acceptors (Lipinski definition) is 7. The largest absolute Gasteiger partial charge is 0.497 e. The molecule has 156 valence electrons. The topological polar surface area (TPSA) is 71.7 Å². The summed E-state index contributed by atoms with van der Waals surface area (Å²) < 4.78 is 24.7. The zero-order valence-electron chi connectivity index (χ0n) is 17.0. The summed E-state index contributed by atoms with van der Waals surface area (Å²) in [5.74, 6) is 1.12. The van der Waals surface area contributed by atoms with E-state index in [2.05, 4.69) is 15.0 Å². The van der Waals surface area contributed by atoms with E-state index in [9.17, 15) is 9.18 Å². The molecule has 0 N–H and O–H groups in total. The third kappa shape index (κ3) is 4.18. The molecule has 0 aliphatic carbocycles. The molecule has 0 radical (unpaired) electrons. The van der Waals surface area contributed by atoms with Gasteiger partial charge in [-0.3, -0.25) is 9.69 Å². The molecular formula is C22H23FN4O3. The summed E-state index contributed by atoms with van der Waals surface area (Å²) >= 11 is 0. The van der Waals surface area contributed by atoms with Gasteiger partial charge in [0.15, 0.2) is 5.78 Å². The van der Waals surface area contributed by atoms with Gasteiger partial charge in [0.05, 0.1) is 24.9 Å². The molecule has 1 saturated heterocycles. The van der Waals surface area contributed by atoms with E-state index < -0.39 is 5.82 Å². The second-order valence-electron chi connectivity index (χ2n) is 7.19. The number of halogens is 1. The lowest BCUT2D eigenvalue weighted by Gasteiger charge is -2.36. The number of benzene rings is 2. The molecule has 3 aromatic rings. The molecule has 0 unspecified atom stereocenters. The van der Waals surface area contributed by atoms with E-state index in [1.165, 1.54) is 13.0 Å². The first-order valence-corrected chi connectivity index (χ1v) is 9.79. The number of ether oxygens (including phenoxy) is 1. The molecule has 30 heavy (non-hydrogen) atoms. The van der Waals surface area contributed by atoms with Crippen molar-refractivity contribution in [2.75, 3.05) is 38.2 Å². The molecule has 1 fully saturated rings. The SMILES string of the molecule is COc1ccc(-c2noc(CN3CCN(c4cccc(F)c4C(C)=O)CC3)n2)cc1. The van der Waals surface area contributed by atoms with Gasteiger partial charge < -0.3 is 14.2 Å². The average molecular weight is 410 g/mol. The van der Waals surface area contributed by atoms with Crippen molar-refractivity contribution in [1.82, 2.24) is 15.0 Å². The van der Waals surface area contributed by atoms with Gasteiger partial charge in [-0.2, -0.15) is 4.98 Å². The van der Waals surface area contributed by atoms with Gasteiger partial charge in [0, 0.05) is 31.7 Å². The number of anilines is 1.